The lowest BCUT2D eigenvalue weighted by Gasteiger charge is -2.12. The maximum atomic E-state index is 10.7. The molecule has 4 N–H and O–H groups in total. The molecule has 8 heteroatoms. The fraction of sp³-hybridized carbons (Fsp3) is 0.467. The van der Waals surface area contributed by atoms with Gasteiger partial charge in [-0.1, -0.05) is 12.1 Å². The molecule has 0 aliphatic rings. The second-order valence-corrected chi connectivity index (χ2v) is 4.45. The number of carbonyl (C=O) groups excluding carboxylic acids is 1. The van der Waals surface area contributed by atoms with Crippen LogP contribution in [-0.2, 0) is 16.1 Å². The van der Waals surface area contributed by atoms with Crippen molar-refractivity contribution in [3.63, 3.8) is 0 Å². The van der Waals surface area contributed by atoms with E-state index >= 15 is 0 Å². The van der Waals surface area contributed by atoms with E-state index < -0.39 is 5.91 Å². The number of benzene rings is 1. The van der Waals surface area contributed by atoms with Gasteiger partial charge >= 0.3 is 0 Å². The molecule has 1 rings (SSSR count). The summed E-state index contributed by atoms with van der Waals surface area (Å²) in [5.74, 6) is 0.808. The van der Waals surface area contributed by atoms with Crippen LogP contribution in [0.2, 0.25) is 0 Å². The zero-order valence-corrected chi connectivity index (χ0v) is 15.8. The average molecular weight is 436 g/mol. The van der Waals surface area contributed by atoms with Gasteiger partial charge in [-0.25, -0.2) is 0 Å². The molecule has 7 nitrogen and oxygen atoms in total. The highest BCUT2D eigenvalue weighted by Crippen LogP contribution is 2.12. The van der Waals surface area contributed by atoms with Gasteiger partial charge in [0.05, 0.1) is 6.61 Å². The normalized spacial score (nSPS) is 10.6. The van der Waals surface area contributed by atoms with E-state index in [4.69, 9.17) is 15.2 Å². The first kappa shape index (κ1) is 21.4. The molecular formula is C15H25IN4O3. The number of amides is 1. The molecule has 0 atom stereocenters. The highest BCUT2D eigenvalue weighted by Gasteiger charge is 2.01. The van der Waals surface area contributed by atoms with Gasteiger partial charge in [0, 0.05) is 26.7 Å². The third kappa shape index (κ3) is 9.95. The summed E-state index contributed by atoms with van der Waals surface area (Å²) >= 11 is 0. The van der Waals surface area contributed by atoms with Crippen molar-refractivity contribution < 1.29 is 14.3 Å². The molecule has 130 valence electrons. The van der Waals surface area contributed by atoms with Gasteiger partial charge in [-0.05, 0) is 24.6 Å². The minimum atomic E-state index is -0.498. The molecule has 0 unspecified atom stereocenters. The van der Waals surface area contributed by atoms with E-state index in [0.717, 1.165) is 5.56 Å². The predicted molar refractivity (Wildman–Crippen MR) is 101 cm³/mol. The van der Waals surface area contributed by atoms with Crippen LogP contribution in [0.25, 0.3) is 0 Å². The number of aliphatic imine (C=N–C) groups is 1. The number of guanidine groups is 1. The second-order valence-electron chi connectivity index (χ2n) is 4.45. The molecule has 0 spiro atoms. The number of rotatable bonds is 9. The van der Waals surface area contributed by atoms with E-state index in [1.807, 2.05) is 25.1 Å². The molecule has 0 aliphatic carbocycles. The Morgan fingerprint density at radius 2 is 2.13 bits per heavy atom. The number of hydrogen-bond donors (Lipinski definition) is 3. The summed E-state index contributed by atoms with van der Waals surface area (Å²) in [5.41, 5.74) is 6.06. The fourth-order valence-corrected chi connectivity index (χ4v) is 1.69. The largest absolute Gasteiger partial charge is 0.484 e. The Labute approximate surface area is 154 Å². The Balaban J connectivity index is 0.00000484. The second kappa shape index (κ2) is 12.9. The number of carbonyl (C=O) groups is 1. The maximum absolute atomic E-state index is 10.7. The Morgan fingerprint density at radius 1 is 1.35 bits per heavy atom. The van der Waals surface area contributed by atoms with Crippen molar-refractivity contribution in [2.75, 3.05) is 33.4 Å². The Morgan fingerprint density at radius 3 is 2.78 bits per heavy atom. The van der Waals surface area contributed by atoms with E-state index in [2.05, 4.69) is 15.6 Å². The van der Waals surface area contributed by atoms with Gasteiger partial charge in [-0.3, -0.25) is 9.79 Å². The molecule has 0 saturated carbocycles. The monoisotopic (exact) mass is 436 g/mol. The molecule has 0 aliphatic heterocycles. The number of nitrogens with one attached hydrogen (secondary N) is 2. The van der Waals surface area contributed by atoms with Crippen LogP contribution in [0.3, 0.4) is 0 Å². The van der Waals surface area contributed by atoms with Crippen LogP contribution in [0.4, 0.5) is 0 Å². The van der Waals surface area contributed by atoms with Crippen molar-refractivity contribution in [3.05, 3.63) is 29.8 Å². The summed E-state index contributed by atoms with van der Waals surface area (Å²) in [4.78, 5) is 14.8. The summed E-state index contributed by atoms with van der Waals surface area (Å²) in [7, 11) is 1.71. The molecular weight excluding hydrogens is 411 g/mol. The molecule has 1 aromatic rings. The molecule has 23 heavy (non-hydrogen) atoms. The number of hydrogen-bond acceptors (Lipinski definition) is 4. The van der Waals surface area contributed by atoms with Gasteiger partial charge in [0.1, 0.15) is 5.75 Å². The van der Waals surface area contributed by atoms with Crippen LogP contribution in [0.5, 0.6) is 5.75 Å². The first-order chi connectivity index (χ1) is 10.7. The summed E-state index contributed by atoms with van der Waals surface area (Å²) in [6.07, 6.45) is 0. The number of nitrogens with zero attached hydrogens (tertiary/aromatic N) is 1. The zero-order valence-electron chi connectivity index (χ0n) is 13.5. The molecule has 0 bridgehead atoms. The van der Waals surface area contributed by atoms with E-state index in [-0.39, 0.29) is 30.6 Å². The molecule has 0 aromatic heterocycles. The smallest absolute Gasteiger partial charge is 0.255 e. The Hall–Kier alpha value is -1.55. The maximum Gasteiger partial charge on any atom is 0.255 e. The summed E-state index contributed by atoms with van der Waals surface area (Å²) in [5, 5.41) is 6.34. The summed E-state index contributed by atoms with van der Waals surface area (Å²) in [6, 6.07) is 7.45. The lowest BCUT2D eigenvalue weighted by Crippen LogP contribution is -2.38. The summed E-state index contributed by atoms with van der Waals surface area (Å²) < 4.78 is 10.5. The van der Waals surface area contributed by atoms with Crippen molar-refractivity contribution in [1.82, 2.24) is 10.6 Å². The first-order valence-corrected chi connectivity index (χ1v) is 7.18. The standard InChI is InChI=1S/C15H24N4O3.HI/c1-3-21-8-7-18-15(17-2)19-10-12-5-4-6-13(9-12)22-11-14(16)20;/h4-6,9H,3,7-8,10-11H2,1-2H3,(H2,16,20)(H2,17,18,19);1H. The third-order valence-electron chi connectivity index (χ3n) is 2.71. The van der Waals surface area contributed by atoms with Gasteiger partial charge in [0.15, 0.2) is 12.6 Å². The average Bonchev–Trinajstić information content (AvgIpc) is 2.52. The molecule has 0 heterocycles. The molecule has 0 saturated heterocycles. The first-order valence-electron chi connectivity index (χ1n) is 7.18. The lowest BCUT2D eigenvalue weighted by atomic mass is 10.2. The predicted octanol–water partition coefficient (Wildman–Crippen LogP) is 0.870. The zero-order chi connectivity index (χ0) is 16.2. The van der Waals surface area contributed by atoms with Crippen LogP contribution < -0.4 is 21.1 Å². The van der Waals surface area contributed by atoms with E-state index in [1.54, 1.807) is 13.1 Å². The summed E-state index contributed by atoms with van der Waals surface area (Å²) in [6.45, 7) is 4.44. The van der Waals surface area contributed by atoms with Crippen LogP contribution >= 0.6 is 24.0 Å². The van der Waals surface area contributed by atoms with Crippen LogP contribution in [0.1, 0.15) is 12.5 Å². The van der Waals surface area contributed by atoms with Crippen molar-refractivity contribution >= 4 is 35.8 Å². The third-order valence-corrected chi connectivity index (χ3v) is 2.71. The number of ether oxygens (including phenoxy) is 2. The van der Waals surface area contributed by atoms with Gasteiger partial charge in [0.2, 0.25) is 0 Å². The van der Waals surface area contributed by atoms with Crippen molar-refractivity contribution in [1.29, 1.82) is 0 Å². The number of nitrogens with two attached hydrogens (primary N) is 1. The molecule has 0 radical (unpaired) electrons. The lowest BCUT2D eigenvalue weighted by molar-refractivity contribution is -0.119. The van der Waals surface area contributed by atoms with E-state index in [1.165, 1.54) is 0 Å². The number of halogens is 1. The van der Waals surface area contributed by atoms with Crippen LogP contribution in [0.15, 0.2) is 29.3 Å². The van der Waals surface area contributed by atoms with Crippen molar-refractivity contribution in [3.8, 4) is 5.75 Å². The van der Waals surface area contributed by atoms with Gasteiger partial charge < -0.3 is 25.8 Å². The minimum absolute atomic E-state index is 0. The molecule has 1 aromatic carbocycles. The van der Waals surface area contributed by atoms with E-state index in [9.17, 15) is 4.79 Å². The molecule has 0 fully saturated rings. The van der Waals surface area contributed by atoms with Crippen LogP contribution in [-0.4, -0.2) is 45.3 Å². The topological polar surface area (TPSA) is 98.0 Å². The quantitative estimate of drug-likeness (QED) is 0.231. The van der Waals surface area contributed by atoms with Gasteiger partial charge in [-0.2, -0.15) is 0 Å². The molecule has 1 amide bonds. The van der Waals surface area contributed by atoms with Gasteiger partial charge in [0.25, 0.3) is 5.91 Å². The van der Waals surface area contributed by atoms with E-state index in [0.29, 0.717) is 38.0 Å². The minimum Gasteiger partial charge on any atom is -0.484 e. The SMILES string of the molecule is CCOCCNC(=NC)NCc1cccc(OCC(N)=O)c1.I. The highest BCUT2D eigenvalue weighted by atomic mass is 127. The number of primary amides is 1. The van der Waals surface area contributed by atoms with Gasteiger partial charge in [-0.15, -0.1) is 24.0 Å². The highest BCUT2D eigenvalue weighted by molar-refractivity contribution is 14.0. The van der Waals surface area contributed by atoms with Crippen molar-refractivity contribution in [2.45, 2.75) is 13.5 Å². The Bertz CT molecular complexity index is 497. The fourth-order valence-electron chi connectivity index (χ4n) is 1.69. The van der Waals surface area contributed by atoms with Crippen molar-refractivity contribution in [2.24, 2.45) is 10.7 Å². The Kier molecular flexibility index (Phi) is 12.1. The van der Waals surface area contributed by atoms with Crippen LogP contribution in [0, 0.1) is 0 Å².